The number of carbonyl (C=O) groups is 1. The molecule has 0 saturated carbocycles. The van der Waals surface area contributed by atoms with E-state index in [0.29, 0.717) is 47.8 Å². The Morgan fingerprint density at radius 3 is 2.41 bits per heavy atom. The van der Waals surface area contributed by atoms with Crippen molar-refractivity contribution in [2.75, 3.05) is 58.3 Å². The van der Waals surface area contributed by atoms with Gasteiger partial charge in [0.05, 0.1) is 19.2 Å². The Morgan fingerprint density at radius 2 is 1.72 bits per heavy atom. The highest BCUT2D eigenvalue weighted by Crippen LogP contribution is 2.37. The van der Waals surface area contributed by atoms with Crippen molar-refractivity contribution in [2.24, 2.45) is 11.3 Å². The van der Waals surface area contributed by atoms with Crippen LogP contribution in [0.1, 0.15) is 66.2 Å². The second-order valence-corrected chi connectivity index (χ2v) is 14.2. The number of hydrogen-bond acceptors (Lipinski definition) is 7. The van der Waals surface area contributed by atoms with Crippen molar-refractivity contribution in [1.29, 1.82) is 0 Å². The zero-order chi connectivity index (χ0) is 32.5. The van der Waals surface area contributed by atoms with Crippen molar-refractivity contribution in [3.8, 4) is 23.0 Å². The van der Waals surface area contributed by atoms with E-state index in [9.17, 15) is 4.79 Å². The molecule has 1 unspecified atom stereocenters. The second-order valence-electron chi connectivity index (χ2n) is 14.2. The van der Waals surface area contributed by atoms with Crippen LogP contribution in [0.3, 0.4) is 0 Å². The summed E-state index contributed by atoms with van der Waals surface area (Å²) in [6.07, 6.45) is 9.32. The normalized spacial score (nSPS) is 17.4. The van der Waals surface area contributed by atoms with E-state index < -0.39 is 0 Å². The summed E-state index contributed by atoms with van der Waals surface area (Å²) in [5.41, 5.74) is 1.63. The molecule has 2 fully saturated rings. The number of pyridine rings is 1. The summed E-state index contributed by atoms with van der Waals surface area (Å²) < 4.78 is 18.3. The minimum atomic E-state index is -0.217. The van der Waals surface area contributed by atoms with Crippen LogP contribution in [-0.2, 0) is 0 Å². The van der Waals surface area contributed by atoms with E-state index in [1.807, 2.05) is 42.5 Å². The largest absolute Gasteiger partial charge is 0.493 e. The van der Waals surface area contributed by atoms with Gasteiger partial charge in [0.1, 0.15) is 11.5 Å². The number of amides is 2. The molecule has 0 spiro atoms. The quantitative estimate of drug-likeness (QED) is 0.213. The third-order valence-corrected chi connectivity index (χ3v) is 9.04. The number of nitrogens with zero attached hydrogens (tertiary/aromatic N) is 3. The Balaban J connectivity index is 1.14. The number of ether oxygens (including phenoxy) is 3. The molecule has 1 aromatic heterocycles. The summed E-state index contributed by atoms with van der Waals surface area (Å²) in [7, 11) is 1.66. The number of rotatable bonds is 12. The summed E-state index contributed by atoms with van der Waals surface area (Å²) in [6, 6.07) is 13.6. The fourth-order valence-electron chi connectivity index (χ4n) is 6.43. The van der Waals surface area contributed by atoms with E-state index in [-0.39, 0.29) is 11.4 Å². The summed E-state index contributed by atoms with van der Waals surface area (Å²) in [6.45, 7) is 15.9. The average Bonchev–Trinajstić information content (AvgIpc) is 3.04. The van der Waals surface area contributed by atoms with Crippen LogP contribution in [0.4, 0.5) is 10.5 Å². The molecule has 2 aliphatic heterocycles. The van der Waals surface area contributed by atoms with E-state index in [1.165, 1.54) is 58.3 Å². The molecular weight excluding hydrogens is 578 g/mol. The van der Waals surface area contributed by atoms with E-state index in [0.717, 1.165) is 29.9 Å². The molecule has 2 aliphatic rings. The topological polar surface area (TPSA) is 88.2 Å². The third-order valence-electron chi connectivity index (χ3n) is 9.04. The first-order valence-corrected chi connectivity index (χ1v) is 17.1. The van der Waals surface area contributed by atoms with Crippen molar-refractivity contribution >= 4 is 22.6 Å². The Morgan fingerprint density at radius 1 is 0.978 bits per heavy atom. The van der Waals surface area contributed by atoms with Crippen molar-refractivity contribution in [3.63, 3.8) is 0 Å². The average molecular weight is 632 g/mol. The molecule has 0 aliphatic carbocycles. The van der Waals surface area contributed by atoms with Gasteiger partial charge in [0.15, 0.2) is 11.5 Å². The SMILES string of the molecule is COc1cc2c(Oc3ccc(NC(=O)NCCC(C)(C)C)cc3)ccnc2cc1OCC(C)CN1CCC(N2CCCCC2)CC1. The molecule has 0 bridgehead atoms. The molecule has 3 aromatic rings. The van der Waals surface area contributed by atoms with Gasteiger partial charge in [0.25, 0.3) is 0 Å². The van der Waals surface area contributed by atoms with Gasteiger partial charge in [-0.2, -0.15) is 0 Å². The number of benzene rings is 2. The molecule has 250 valence electrons. The van der Waals surface area contributed by atoms with Crippen LogP contribution in [0.15, 0.2) is 48.7 Å². The smallest absolute Gasteiger partial charge is 0.319 e. The van der Waals surface area contributed by atoms with Gasteiger partial charge < -0.3 is 34.6 Å². The van der Waals surface area contributed by atoms with Crippen LogP contribution in [0, 0.1) is 11.3 Å². The first-order valence-electron chi connectivity index (χ1n) is 17.1. The van der Waals surface area contributed by atoms with E-state index in [2.05, 4.69) is 53.1 Å². The minimum absolute atomic E-state index is 0.171. The highest BCUT2D eigenvalue weighted by molar-refractivity contribution is 5.89. The molecule has 2 aromatic carbocycles. The fourth-order valence-corrected chi connectivity index (χ4v) is 6.43. The number of likely N-dealkylation sites (tertiary alicyclic amines) is 2. The van der Waals surface area contributed by atoms with Gasteiger partial charge in [-0.1, -0.05) is 34.1 Å². The lowest BCUT2D eigenvalue weighted by Gasteiger charge is -2.40. The molecular formula is C37H53N5O4. The lowest BCUT2D eigenvalue weighted by atomic mass is 9.92. The standard InChI is InChI=1S/C37H53N5O4/c1-27(25-41-21-14-29(15-22-41)42-19-7-6-8-20-42)26-45-35-24-32-31(23-34(35)44-5)33(13-17-38-32)46-30-11-9-28(10-12-30)40-36(43)39-18-16-37(2,3)4/h9-13,17,23-24,27,29H,6-8,14-16,18-22,25-26H2,1-5H3,(H2,39,40,43). The number of carbonyl (C=O) groups excluding carboxylic acids is 1. The Hall–Kier alpha value is -3.56. The number of urea groups is 1. The molecule has 2 saturated heterocycles. The first-order chi connectivity index (χ1) is 22.2. The van der Waals surface area contributed by atoms with Crippen LogP contribution < -0.4 is 24.8 Å². The van der Waals surface area contributed by atoms with Gasteiger partial charge >= 0.3 is 6.03 Å². The summed E-state index contributed by atoms with van der Waals surface area (Å²) in [4.78, 5) is 22.2. The van der Waals surface area contributed by atoms with Crippen LogP contribution in [0.5, 0.6) is 23.0 Å². The summed E-state index contributed by atoms with van der Waals surface area (Å²) in [5.74, 6) is 3.04. The molecule has 0 radical (unpaired) electrons. The van der Waals surface area contributed by atoms with Crippen LogP contribution >= 0.6 is 0 Å². The van der Waals surface area contributed by atoms with Crippen molar-refractivity contribution in [3.05, 3.63) is 48.7 Å². The zero-order valence-electron chi connectivity index (χ0n) is 28.4. The molecule has 9 heteroatoms. The number of methoxy groups -OCH3 is 1. The Labute approximate surface area is 275 Å². The van der Waals surface area contributed by atoms with Crippen molar-refractivity contribution in [1.82, 2.24) is 20.1 Å². The highest BCUT2D eigenvalue weighted by Gasteiger charge is 2.26. The molecule has 9 nitrogen and oxygen atoms in total. The summed E-state index contributed by atoms with van der Waals surface area (Å²) >= 11 is 0. The maximum atomic E-state index is 12.3. The van der Waals surface area contributed by atoms with Crippen LogP contribution in [0.2, 0.25) is 0 Å². The molecule has 46 heavy (non-hydrogen) atoms. The number of nitrogens with one attached hydrogen (secondary N) is 2. The molecule has 3 heterocycles. The Kier molecular flexibility index (Phi) is 11.6. The van der Waals surface area contributed by atoms with E-state index in [4.69, 9.17) is 14.2 Å². The number of piperidine rings is 2. The fraction of sp³-hybridized carbons (Fsp3) is 0.568. The van der Waals surface area contributed by atoms with Gasteiger partial charge in [0, 0.05) is 48.4 Å². The maximum absolute atomic E-state index is 12.3. The highest BCUT2D eigenvalue weighted by atomic mass is 16.5. The van der Waals surface area contributed by atoms with E-state index >= 15 is 0 Å². The van der Waals surface area contributed by atoms with Gasteiger partial charge in [-0.05, 0) is 100 Å². The van der Waals surface area contributed by atoms with Gasteiger partial charge in [0.2, 0.25) is 0 Å². The van der Waals surface area contributed by atoms with Crippen LogP contribution in [-0.4, -0.2) is 79.8 Å². The first kappa shape index (κ1) is 33.8. The van der Waals surface area contributed by atoms with E-state index in [1.54, 1.807) is 13.3 Å². The Bertz CT molecular complexity index is 1410. The predicted octanol–water partition coefficient (Wildman–Crippen LogP) is 7.56. The summed E-state index contributed by atoms with van der Waals surface area (Å²) in [5, 5.41) is 6.62. The third kappa shape index (κ3) is 9.72. The van der Waals surface area contributed by atoms with Gasteiger partial charge in [-0.15, -0.1) is 0 Å². The lowest BCUT2D eigenvalue weighted by molar-refractivity contribution is 0.0813. The number of fused-ring (bicyclic) bond motifs is 1. The maximum Gasteiger partial charge on any atom is 0.319 e. The minimum Gasteiger partial charge on any atom is -0.493 e. The van der Waals surface area contributed by atoms with Gasteiger partial charge in [-0.25, -0.2) is 4.79 Å². The lowest BCUT2D eigenvalue weighted by Crippen LogP contribution is -2.47. The number of anilines is 1. The number of hydrogen-bond donors (Lipinski definition) is 2. The van der Waals surface area contributed by atoms with Crippen molar-refractivity contribution in [2.45, 2.75) is 72.3 Å². The molecule has 1 atom stereocenters. The molecule has 2 N–H and O–H groups in total. The van der Waals surface area contributed by atoms with Crippen molar-refractivity contribution < 1.29 is 19.0 Å². The number of aromatic nitrogens is 1. The van der Waals surface area contributed by atoms with Crippen LogP contribution in [0.25, 0.3) is 10.9 Å². The zero-order valence-corrected chi connectivity index (χ0v) is 28.4. The monoisotopic (exact) mass is 631 g/mol. The molecule has 5 rings (SSSR count). The van der Waals surface area contributed by atoms with Gasteiger partial charge in [-0.3, -0.25) is 4.98 Å². The predicted molar refractivity (Wildman–Crippen MR) is 185 cm³/mol. The second kappa shape index (κ2) is 15.8. The molecule has 2 amide bonds.